The molecule has 0 aliphatic rings. The molecule has 0 aliphatic carbocycles. The van der Waals surface area contributed by atoms with Gasteiger partial charge in [-0.25, -0.2) is 8.42 Å². The molecule has 0 spiro atoms. The van der Waals surface area contributed by atoms with Crippen LogP contribution in [0.1, 0.15) is 25.3 Å². The fraction of sp³-hybridized carbons (Fsp3) is 0.500. The van der Waals surface area contributed by atoms with Crippen LogP contribution in [0.5, 0.6) is 0 Å². The van der Waals surface area contributed by atoms with E-state index in [1.807, 2.05) is 0 Å². The summed E-state index contributed by atoms with van der Waals surface area (Å²) < 4.78 is 47.0. The standard InChI is InChI=1S/C12H15BrF2O2S/c1-2-3-10(13)8-9-4-6-11(7-5-9)18(16,17)12(14)15/h4-7,10,12H,2-3,8H2,1H3. The molecule has 0 aromatic heterocycles. The van der Waals surface area contributed by atoms with Gasteiger partial charge in [0.05, 0.1) is 4.90 Å². The van der Waals surface area contributed by atoms with Crippen molar-refractivity contribution in [1.29, 1.82) is 0 Å². The van der Waals surface area contributed by atoms with Crippen molar-refractivity contribution in [2.24, 2.45) is 0 Å². The third kappa shape index (κ3) is 4.02. The van der Waals surface area contributed by atoms with Crippen molar-refractivity contribution >= 4 is 25.8 Å². The smallest absolute Gasteiger partial charge is 0.218 e. The van der Waals surface area contributed by atoms with Crippen molar-refractivity contribution in [2.75, 3.05) is 0 Å². The Morgan fingerprint density at radius 1 is 1.22 bits per heavy atom. The second-order valence-corrected chi connectivity index (χ2v) is 7.25. The number of hydrogen-bond acceptors (Lipinski definition) is 2. The van der Waals surface area contributed by atoms with Crippen molar-refractivity contribution in [3.05, 3.63) is 29.8 Å². The zero-order chi connectivity index (χ0) is 13.8. The molecular weight excluding hydrogens is 326 g/mol. The molecule has 1 aromatic rings. The van der Waals surface area contributed by atoms with Gasteiger partial charge in [-0.15, -0.1) is 0 Å². The van der Waals surface area contributed by atoms with Crippen LogP contribution in [-0.2, 0) is 16.3 Å². The molecule has 1 unspecified atom stereocenters. The van der Waals surface area contributed by atoms with Gasteiger partial charge in [0.15, 0.2) is 0 Å². The lowest BCUT2D eigenvalue weighted by Gasteiger charge is -2.09. The maximum absolute atomic E-state index is 12.3. The van der Waals surface area contributed by atoms with Crippen molar-refractivity contribution < 1.29 is 17.2 Å². The second-order valence-electron chi connectivity index (χ2n) is 4.04. The van der Waals surface area contributed by atoms with Crippen LogP contribution in [0.4, 0.5) is 8.78 Å². The van der Waals surface area contributed by atoms with Crippen LogP contribution in [0.25, 0.3) is 0 Å². The van der Waals surface area contributed by atoms with E-state index in [2.05, 4.69) is 22.9 Å². The normalized spacial score (nSPS) is 13.8. The number of halogens is 3. The average molecular weight is 341 g/mol. The highest BCUT2D eigenvalue weighted by atomic mass is 79.9. The summed E-state index contributed by atoms with van der Waals surface area (Å²) in [4.78, 5) is -0.0112. The van der Waals surface area contributed by atoms with Crippen molar-refractivity contribution in [3.63, 3.8) is 0 Å². The number of alkyl halides is 3. The molecule has 0 amide bonds. The topological polar surface area (TPSA) is 34.1 Å². The summed E-state index contributed by atoms with van der Waals surface area (Å²) in [6.45, 7) is 2.08. The Labute approximate surface area is 114 Å². The van der Waals surface area contributed by atoms with Crippen LogP contribution in [0.15, 0.2) is 29.2 Å². The second kappa shape index (κ2) is 6.61. The van der Waals surface area contributed by atoms with Crippen molar-refractivity contribution in [1.82, 2.24) is 0 Å². The third-order valence-corrected chi connectivity index (χ3v) is 4.73. The van der Waals surface area contributed by atoms with E-state index in [9.17, 15) is 17.2 Å². The summed E-state index contributed by atoms with van der Waals surface area (Å²) in [5.74, 6) is -3.37. The summed E-state index contributed by atoms with van der Waals surface area (Å²) in [6, 6.07) is 5.64. The van der Waals surface area contributed by atoms with Gasteiger partial charge in [0, 0.05) is 4.83 Å². The van der Waals surface area contributed by atoms with Gasteiger partial charge in [-0.1, -0.05) is 41.4 Å². The zero-order valence-corrected chi connectivity index (χ0v) is 12.3. The minimum absolute atomic E-state index is 0.319. The van der Waals surface area contributed by atoms with Crippen LogP contribution in [-0.4, -0.2) is 19.0 Å². The Morgan fingerprint density at radius 3 is 2.22 bits per heavy atom. The maximum Gasteiger partial charge on any atom is 0.341 e. The highest BCUT2D eigenvalue weighted by Crippen LogP contribution is 2.20. The predicted molar refractivity (Wildman–Crippen MR) is 71.0 cm³/mol. The molecular formula is C12H15BrF2O2S. The Hall–Kier alpha value is -0.490. The molecule has 18 heavy (non-hydrogen) atoms. The average Bonchev–Trinajstić information content (AvgIpc) is 2.29. The molecule has 0 saturated heterocycles. The van der Waals surface area contributed by atoms with Gasteiger partial charge in [-0.2, -0.15) is 8.78 Å². The van der Waals surface area contributed by atoms with Crippen LogP contribution in [0.2, 0.25) is 0 Å². The highest BCUT2D eigenvalue weighted by Gasteiger charge is 2.26. The summed E-state index contributed by atoms with van der Waals surface area (Å²) in [7, 11) is -4.48. The van der Waals surface area contributed by atoms with Gasteiger partial charge in [0.2, 0.25) is 9.84 Å². The number of benzene rings is 1. The first-order valence-corrected chi connectivity index (χ1v) is 8.09. The Bertz CT molecular complexity index is 471. The fourth-order valence-corrected chi connectivity index (χ4v) is 3.14. The van der Waals surface area contributed by atoms with Crippen molar-refractivity contribution in [3.8, 4) is 0 Å². The molecule has 0 heterocycles. The number of hydrogen-bond donors (Lipinski definition) is 0. The van der Waals surface area contributed by atoms with Crippen LogP contribution in [0, 0.1) is 0 Å². The lowest BCUT2D eigenvalue weighted by atomic mass is 10.1. The van der Waals surface area contributed by atoms with Gasteiger partial charge >= 0.3 is 5.76 Å². The van der Waals surface area contributed by atoms with E-state index in [0.717, 1.165) is 24.8 Å². The van der Waals surface area contributed by atoms with Gasteiger partial charge in [0.25, 0.3) is 0 Å². The molecule has 2 nitrogen and oxygen atoms in total. The molecule has 0 bridgehead atoms. The summed E-state index contributed by atoms with van der Waals surface area (Å²) >= 11 is 3.52. The Morgan fingerprint density at radius 2 is 1.78 bits per heavy atom. The quantitative estimate of drug-likeness (QED) is 0.738. The van der Waals surface area contributed by atoms with Crippen LogP contribution >= 0.6 is 15.9 Å². The molecule has 1 aromatic carbocycles. The summed E-state index contributed by atoms with van der Waals surface area (Å²) in [5, 5.41) is 0. The largest absolute Gasteiger partial charge is 0.341 e. The maximum atomic E-state index is 12.3. The molecule has 0 saturated carbocycles. The lowest BCUT2D eigenvalue weighted by Crippen LogP contribution is -2.11. The Balaban J connectivity index is 2.81. The first-order valence-electron chi connectivity index (χ1n) is 5.63. The first-order chi connectivity index (χ1) is 8.37. The fourth-order valence-electron chi connectivity index (χ4n) is 1.59. The van der Waals surface area contributed by atoms with E-state index >= 15 is 0 Å². The zero-order valence-electron chi connectivity index (χ0n) is 9.94. The molecule has 102 valence electrons. The molecule has 0 radical (unpaired) electrons. The molecule has 0 aliphatic heterocycles. The highest BCUT2D eigenvalue weighted by molar-refractivity contribution is 9.09. The van der Waals surface area contributed by atoms with Gasteiger partial charge in [-0.05, 0) is 30.5 Å². The number of rotatable bonds is 6. The predicted octanol–water partition coefficient (Wildman–Crippen LogP) is 3.79. The van der Waals surface area contributed by atoms with Crippen LogP contribution < -0.4 is 0 Å². The van der Waals surface area contributed by atoms with E-state index in [1.165, 1.54) is 12.1 Å². The molecule has 0 N–H and O–H groups in total. The van der Waals surface area contributed by atoms with Gasteiger partial charge in [-0.3, -0.25) is 0 Å². The summed E-state index contributed by atoms with van der Waals surface area (Å²) in [6.07, 6.45) is 2.81. The monoisotopic (exact) mass is 340 g/mol. The minimum Gasteiger partial charge on any atom is -0.218 e. The first kappa shape index (κ1) is 15.6. The minimum atomic E-state index is -4.48. The molecule has 1 rings (SSSR count). The summed E-state index contributed by atoms with van der Waals surface area (Å²) in [5.41, 5.74) is 0.929. The van der Waals surface area contributed by atoms with Gasteiger partial charge in [0.1, 0.15) is 0 Å². The van der Waals surface area contributed by atoms with Crippen LogP contribution in [0.3, 0.4) is 0 Å². The van der Waals surface area contributed by atoms with E-state index in [-0.39, 0.29) is 4.90 Å². The van der Waals surface area contributed by atoms with E-state index in [1.54, 1.807) is 12.1 Å². The van der Waals surface area contributed by atoms with Crippen molar-refractivity contribution in [2.45, 2.75) is 41.7 Å². The SMILES string of the molecule is CCCC(Br)Cc1ccc(S(=O)(=O)C(F)F)cc1. The van der Waals surface area contributed by atoms with Gasteiger partial charge < -0.3 is 0 Å². The number of sulfone groups is 1. The van der Waals surface area contributed by atoms with E-state index in [4.69, 9.17) is 0 Å². The van der Waals surface area contributed by atoms with E-state index < -0.39 is 15.6 Å². The van der Waals surface area contributed by atoms with E-state index in [0.29, 0.717) is 4.83 Å². The molecule has 0 fully saturated rings. The molecule has 6 heteroatoms. The third-order valence-electron chi connectivity index (χ3n) is 2.55. The molecule has 1 atom stereocenters. The Kier molecular flexibility index (Phi) is 5.72. The lowest BCUT2D eigenvalue weighted by molar-refractivity contribution is 0.234.